The molecule has 0 radical (unpaired) electrons. The summed E-state index contributed by atoms with van der Waals surface area (Å²) in [6.07, 6.45) is 3.27. The molecule has 0 bridgehead atoms. The first-order valence-corrected chi connectivity index (χ1v) is 6.27. The summed E-state index contributed by atoms with van der Waals surface area (Å²) >= 11 is 0. The highest BCUT2D eigenvalue weighted by Crippen LogP contribution is 2.11. The Morgan fingerprint density at radius 3 is 2.76 bits per heavy atom. The van der Waals surface area contributed by atoms with Crippen LogP contribution in [0.5, 0.6) is 0 Å². The van der Waals surface area contributed by atoms with Gasteiger partial charge in [-0.3, -0.25) is 9.78 Å². The van der Waals surface area contributed by atoms with Crippen LogP contribution in [0.1, 0.15) is 21.5 Å². The van der Waals surface area contributed by atoms with Crippen LogP contribution >= 0.6 is 0 Å². The van der Waals surface area contributed by atoms with E-state index in [-0.39, 0.29) is 23.6 Å². The Balaban J connectivity index is 2.15. The van der Waals surface area contributed by atoms with Gasteiger partial charge >= 0.3 is 0 Å². The highest BCUT2D eigenvalue weighted by Gasteiger charge is 2.10. The summed E-state index contributed by atoms with van der Waals surface area (Å²) in [6, 6.07) is 7.32. The van der Waals surface area contributed by atoms with Crippen LogP contribution in [0.3, 0.4) is 0 Å². The first kappa shape index (κ1) is 14.7. The minimum Gasteiger partial charge on any atom is -0.384 e. The van der Waals surface area contributed by atoms with Gasteiger partial charge in [0.25, 0.3) is 5.91 Å². The smallest absolute Gasteiger partial charge is 0.252 e. The van der Waals surface area contributed by atoms with Crippen LogP contribution in [-0.4, -0.2) is 22.6 Å². The molecule has 0 aliphatic rings. The van der Waals surface area contributed by atoms with Crippen LogP contribution < -0.4 is 5.32 Å². The van der Waals surface area contributed by atoms with Crippen molar-refractivity contribution < 1.29 is 14.3 Å². The standard InChI is InChI=1S/C16H13FN2O2/c17-14-3-4-15(13(10-14)2-1-9-20)16(21)19-11-12-5-7-18-8-6-12/h3-8,10,20H,9,11H2,(H,19,21). The number of aromatic nitrogens is 1. The highest BCUT2D eigenvalue weighted by atomic mass is 19.1. The molecule has 2 N–H and O–H groups in total. The molecule has 4 nitrogen and oxygen atoms in total. The second-order valence-electron chi connectivity index (χ2n) is 4.19. The van der Waals surface area contributed by atoms with E-state index in [0.717, 1.165) is 5.56 Å². The third kappa shape index (κ3) is 4.13. The Kier molecular flexibility index (Phi) is 5.02. The molecule has 0 aliphatic carbocycles. The SMILES string of the molecule is O=C(NCc1ccncc1)c1ccc(F)cc1C#CCO. The number of hydrogen-bond donors (Lipinski definition) is 2. The summed E-state index contributed by atoms with van der Waals surface area (Å²) < 4.78 is 13.2. The van der Waals surface area contributed by atoms with Crippen molar-refractivity contribution in [3.63, 3.8) is 0 Å². The molecule has 2 rings (SSSR count). The fraction of sp³-hybridized carbons (Fsp3) is 0.125. The van der Waals surface area contributed by atoms with Crippen molar-refractivity contribution in [3.05, 3.63) is 65.2 Å². The highest BCUT2D eigenvalue weighted by molar-refractivity contribution is 5.96. The average molecular weight is 284 g/mol. The van der Waals surface area contributed by atoms with Gasteiger partial charge in [0, 0.05) is 24.5 Å². The third-order valence-electron chi connectivity index (χ3n) is 2.73. The van der Waals surface area contributed by atoms with E-state index in [2.05, 4.69) is 22.1 Å². The second kappa shape index (κ2) is 7.17. The number of amides is 1. The van der Waals surface area contributed by atoms with Crippen LogP contribution in [0.2, 0.25) is 0 Å². The van der Waals surface area contributed by atoms with Crippen LogP contribution in [0.25, 0.3) is 0 Å². The zero-order valence-electron chi connectivity index (χ0n) is 11.1. The average Bonchev–Trinajstić information content (AvgIpc) is 2.51. The fourth-order valence-electron chi connectivity index (χ4n) is 1.73. The molecule has 0 atom stereocenters. The van der Waals surface area contributed by atoms with E-state index >= 15 is 0 Å². The quantitative estimate of drug-likeness (QED) is 0.840. The van der Waals surface area contributed by atoms with E-state index in [9.17, 15) is 9.18 Å². The van der Waals surface area contributed by atoms with Gasteiger partial charge in [0.05, 0.1) is 5.56 Å². The number of pyridine rings is 1. The molecule has 5 heteroatoms. The van der Waals surface area contributed by atoms with E-state index < -0.39 is 5.82 Å². The number of rotatable bonds is 3. The van der Waals surface area contributed by atoms with E-state index in [4.69, 9.17) is 5.11 Å². The van der Waals surface area contributed by atoms with E-state index in [1.54, 1.807) is 24.5 Å². The number of carbonyl (C=O) groups is 1. The van der Waals surface area contributed by atoms with Gasteiger partial charge in [-0.2, -0.15) is 0 Å². The fourth-order valence-corrected chi connectivity index (χ4v) is 1.73. The van der Waals surface area contributed by atoms with Gasteiger partial charge in [-0.05, 0) is 35.9 Å². The normalized spacial score (nSPS) is 9.62. The molecule has 0 saturated carbocycles. The molecular formula is C16H13FN2O2. The summed E-state index contributed by atoms with van der Waals surface area (Å²) in [5.74, 6) is 4.15. The molecule has 1 amide bonds. The molecule has 1 aromatic heterocycles. The monoisotopic (exact) mass is 284 g/mol. The predicted octanol–water partition coefficient (Wildman–Crippen LogP) is 1.49. The molecule has 21 heavy (non-hydrogen) atoms. The molecule has 0 aliphatic heterocycles. The summed E-state index contributed by atoms with van der Waals surface area (Å²) in [4.78, 5) is 16.0. The molecule has 1 aromatic carbocycles. The van der Waals surface area contributed by atoms with Gasteiger partial charge in [-0.15, -0.1) is 0 Å². The summed E-state index contributed by atoms with van der Waals surface area (Å²) in [5.41, 5.74) is 1.42. The number of carbonyl (C=O) groups excluding carboxylic acids is 1. The van der Waals surface area contributed by atoms with Gasteiger partial charge in [0.15, 0.2) is 0 Å². The zero-order chi connectivity index (χ0) is 15.1. The van der Waals surface area contributed by atoms with Gasteiger partial charge in [0.2, 0.25) is 0 Å². The molecule has 1 heterocycles. The number of hydrogen-bond acceptors (Lipinski definition) is 3. The van der Waals surface area contributed by atoms with Gasteiger partial charge in [-0.25, -0.2) is 4.39 Å². The van der Waals surface area contributed by atoms with Crippen LogP contribution in [-0.2, 0) is 6.54 Å². The lowest BCUT2D eigenvalue weighted by atomic mass is 10.1. The number of aliphatic hydroxyl groups is 1. The molecular weight excluding hydrogens is 271 g/mol. The lowest BCUT2D eigenvalue weighted by Gasteiger charge is -2.07. The number of nitrogens with one attached hydrogen (secondary N) is 1. The molecule has 0 fully saturated rings. The largest absolute Gasteiger partial charge is 0.384 e. The molecule has 0 spiro atoms. The lowest BCUT2D eigenvalue weighted by molar-refractivity contribution is 0.0950. The Labute approximate surface area is 121 Å². The predicted molar refractivity (Wildman–Crippen MR) is 75.8 cm³/mol. The van der Waals surface area contributed by atoms with E-state index in [1.807, 2.05) is 0 Å². The first-order valence-electron chi connectivity index (χ1n) is 6.27. The summed E-state index contributed by atoms with van der Waals surface area (Å²) in [7, 11) is 0. The van der Waals surface area contributed by atoms with Crippen molar-refractivity contribution >= 4 is 5.91 Å². The van der Waals surface area contributed by atoms with Crippen LogP contribution in [0.15, 0.2) is 42.7 Å². The van der Waals surface area contributed by atoms with Crippen molar-refractivity contribution in [2.24, 2.45) is 0 Å². The van der Waals surface area contributed by atoms with E-state index in [1.165, 1.54) is 18.2 Å². The van der Waals surface area contributed by atoms with Crippen molar-refractivity contribution in [1.82, 2.24) is 10.3 Å². The Bertz CT molecular complexity index is 690. The Morgan fingerprint density at radius 2 is 2.05 bits per heavy atom. The number of halogens is 1. The van der Waals surface area contributed by atoms with E-state index in [0.29, 0.717) is 6.54 Å². The maximum Gasteiger partial charge on any atom is 0.252 e. The minimum absolute atomic E-state index is 0.247. The van der Waals surface area contributed by atoms with Gasteiger partial charge in [0.1, 0.15) is 12.4 Å². The topological polar surface area (TPSA) is 62.2 Å². The maximum absolute atomic E-state index is 13.2. The zero-order valence-corrected chi connectivity index (χ0v) is 11.1. The summed E-state index contributed by atoms with van der Waals surface area (Å²) in [6.45, 7) is -0.0137. The molecule has 0 saturated heterocycles. The van der Waals surface area contributed by atoms with Crippen molar-refractivity contribution in [2.75, 3.05) is 6.61 Å². The summed E-state index contributed by atoms with van der Waals surface area (Å²) in [5, 5.41) is 11.4. The van der Waals surface area contributed by atoms with Crippen molar-refractivity contribution in [2.45, 2.75) is 6.54 Å². The minimum atomic E-state index is -0.483. The Hall–Kier alpha value is -2.71. The van der Waals surface area contributed by atoms with Crippen molar-refractivity contribution in [3.8, 4) is 11.8 Å². The number of benzene rings is 1. The van der Waals surface area contributed by atoms with Gasteiger partial charge in [-0.1, -0.05) is 11.8 Å². The maximum atomic E-state index is 13.2. The lowest BCUT2D eigenvalue weighted by Crippen LogP contribution is -2.23. The molecule has 106 valence electrons. The van der Waals surface area contributed by atoms with Crippen LogP contribution in [0, 0.1) is 17.7 Å². The number of aliphatic hydroxyl groups excluding tert-OH is 1. The number of nitrogens with zero attached hydrogens (tertiary/aromatic N) is 1. The molecule has 0 unspecified atom stereocenters. The first-order chi connectivity index (χ1) is 10.2. The second-order valence-corrected chi connectivity index (χ2v) is 4.19. The van der Waals surface area contributed by atoms with Crippen LogP contribution in [0.4, 0.5) is 4.39 Å². The molecule has 2 aromatic rings. The Morgan fingerprint density at radius 1 is 1.29 bits per heavy atom. The third-order valence-corrected chi connectivity index (χ3v) is 2.73. The van der Waals surface area contributed by atoms with Gasteiger partial charge < -0.3 is 10.4 Å². The van der Waals surface area contributed by atoms with Crippen molar-refractivity contribution in [1.29, 1.82) is 0 Å².